The van der Waals surface area contributed by atoms with E-state index in [1.807, 2.05) is 0 Å². The molecule has 0 saturated heterocycles. The molecule has 0 aliphatic heterocycles. The van der Waals surface area contributed by atoms with Crippen molar-refractivity contribution in [2.75, 3.05) is 13.2 Å². The first kappa shape index (κ1) is 12.8. The Morgan fingerprint density at radius 1 is 1.65 bits per heavy atom. The van der Waals surface area contributed by atoms with Gasteiger partial charge in [-0.3, -0.25) is 0 Å². The summed E-state index contributed by atoms with van der Waals surface area (Å²) in [5.74, 6) is 0. The van der Waals surface area contributed by atoms with Crippen molar-refractivity contribution in [2.45, 2.75) is 23.9 Å². The Morgan fingerprint density at radius 3 is 2.71 bits per heavy atom. The van der Waals surface area contributed by atoms with Gasteiger partial charge in [0.25, 0.3) is 10.0 Å². The lowest BCUT2D eigenvalue weighted by atomic mass is 10.6. The maximum absolute atomic E-state index is 12.2. The smallest absolute Gasteiger partial charge is 0.262 e. The number of rotatable bonds is 5. The van der Waals surface area contributed by atoms with Gasteiger partial charge >= 0.3 is 0 Å². The molecule has 1 fully saturated rings. The van der Waals surface area contributed by atoms with Gasteiger partial charge in [-0.25, -0.2) is 13.4 Å². The molecule has 0 atom stereocenters. The molecule has 96 valence electrons. The highest BCUT2D eigenvalue weighted by molar-refractivity contribution is 7.89. The monoisotopic (exact) mass is 279 g/mol. The fraction of sp³-hybridized carbons (Fsp3) is 0.667. The summed E-state index contributed by atoms with van der Waals surface area (Å²) in [5.41, 5.74) is 0. The van der Waals surface area contributed by atoms with Gasteiger partial charge in [0, 0.05) is 25.8 Å². The largest absolute Gasteiger partial charge is 0.395 e. The lowest BCUT2D eigenvalue weighted by Gasteiger charge is -2.19. The summed E-state index contributed by atoms with van der Waals surface area (Å²) in [6, 6.07) is -0.00654. The lowest BCUT2D eigenvalue weighted by Crippen LogP contribution is -2.35. The van der Waals surface area contributed by atoms with Gasteiger partial charge in [-0.2, -0.15) is 4.31 Å². The summed E-state index contributed by atoms with van der Waals surface area (Å²) in [6.45, 7) is -0.0997. The SMILES string of the molecule is Cn1cc(S(=O)(=O)N(CCO)C2CC2)nc1Cl. The Labute approximate surface area is 105 Å². The second kappa shape index (κ2) is 4.56. The Bertz CT molecular complexity index is 490. The Hall–Kier alpha value is -0.630. The van der Waals surface area contributed by atoms with E-state index >= 15 is 0 Å². The Morgan fingerprint density at radius 2 is 2.29 bits per heavy atom. The molecule has 17 heavy (non-hydrogen) atoms. The highest BCUT2D eigenvalue weighted by Crippen LogP contribution is 2.31. The van der Waals surface area contributed by atoms with Crippen LogP contribution in [-0.4, -0.2) is 46.6 Å². The number of imidazole rings is 1. The van der Waals surface area contributed by atoms with Crippen molar-refractivity contribution in [1.82, 2.24) is 13.9 Å². The van der Waals surface area contributed by atoms with Gasteiger partial charge in [0.2, 0.25) is 5.28 Å². The molecule has 0 unspecified atom stereocenters. The number of aliphatic hydroxyl groups excluding tert-OH is 1. The molecule has 1 N–H and O–H groups in total. The van der Waals surface area contributed by atoms with Crippen molar-refractivity contribution in [3.05, 3.63) is 11.5 Å². The number of nitrogens with zero attached hydrogens (tertiary/aromatic N) is 3. The number of sulfonamides is 1. The van der Waals surface area contributed by atoms with Gasteiger partial charge in [-0.1, -0.05) is 0 Å². The summed E-state index contributed by atoms with van der Waals surface area (Å²) in [5, 5.41) is 8.99. The molecule has 2 rings (SSSR count). The predicted molar refractivity (Wildman–Crippen MR) is 62.2 cm³/mol. The fourth-order valence-corrected chi connectivity index (χ4v) is 3.47. The van der Waals surface area contributed by atoms with E-state index in [-0.39, 0.29) is 29.5 Å². The van der Waals surface area contributed by atoms with Crippen LogP contribution in [0.1, 0.15) is 12.8 Å². The van der Waals surface area contributed by atoms with Crippen LogP contribution in [0.25, 0.3) is 0 Å². The van der Waals surface area contributed by atoms with Gasteiger partial charge in [0.1, 0.15) is 0 Å². The summed E-state index contributed by atoms with van der Waals surface area (Å²) < 4.78 is 27.2. The molecule has 6 nitrogen and oxygen atoms in total. The van der Waals surface area contributed by atoms with E-state index in [0.717, 1.165) is 12.8 Å². The molecule has 1 heterocycles. The van der Waals surface area contributed by atoms with E-state index in [4.69, 9.17) is 16.7 Å². The lowest BCUT2D eigenvalue weighted by molar-refractivity contribution is 0.250. The third-order valence-electron chi connectivity index (χ3n) is 2.65. The summed E-state index contributed by atoms with van der Waals surface area (Å²) in [7, 11) is -2.02. The fourth-order valence-electron chi connectivity index (χ4n) is 1.62. The molecule has 0 radical (unpaired) electrons. The first-order chi connectivity index (χ1) is 7.96. The molecule has 1 aliphatic carbocycles. The van der Waals surface area contributed by atoms with E-state index in [1.54, 1.807) is 7.05 Å². The number of aliphatic hydroxyl groups is 1. The second-order valence-corrected chi connectivity index (χ2v) is 6.21. The normalized spacial score (nSPS) is 16.7. The standard InChI is InChI=1S/C9H14ClN3O3S/c1-12-6-8(11-9(12)10)17(15,16)13(4-5-14)7-2-3-7/h6-7,14H,2-5H2,1H3. The van der Waals surface area contributed by atoms with Crippen molar-refractivity contribution in [3.8, 4) is 0 Å². The first-order valence-electron chi connectivity index (χ1n) is 5.28. The molecule has 0 bridgehead atoms. The zero-order valence-electron chi connectivity index (χ0n) is 9.37. The van der Waals surface area contributed by atoms with Crippen LogP contribution in [0.15, 0.2) is 11.2 Å². The topological polar surface area (TPSA) is 75.4 Å². The molecule has 0 aromatic carbocycles. The van der Waals surface area contributed by atoms with Crippen LogP contribution in [0, 0.1) is 0 Å². The molecule has 1 aromatic heterocycles. The van der Waals surface area contributed by atoms with E-state index in [0.29, 0.717) is 0 Å². The molecule has 1 saturated carbocycles. The van der Waals surface area contributed by atoms with Crippen LogP contribution in [0.3, 0.4) is 0 Å². The zero-order chi connectivity index (χ0) is 12.6. The summed E-state index contributed by atoms with van der Waals surface area (Å²) in [4.78, 5) is 3.81. The average Bonchev–Trinajstić information content (AvgIpc) is 3.03. The minimum absolute atomic E-state index is 0.00654. The van der Waals surface area contributed by atoms with Crippen LogP contribution < -0.4 is 0 Å². The first-order valence-corrected chi connectivity index (χ1v) is 7.10. The van der Waals surface area contributed by atoms with Crippen LogP contribution in [0.2, 0.25) is 5.28 Å². The van der Waals surface area contributed by atoms with Crippen molar-refractivity contribution < 1.29 is 13.5 Å². The number of hydrogen-bond acceptors (Lipinski definition) is 4. The van der Waals surface area contributed by atoms with Crippen LogP contribution in [-0.2, 0) is 17.1 Å². The number of halogens is 1. The molecule has 1 aromatic rings. The minimum atomic E-state index is -3.64. The van der Waals surface area contributed by atoms with Crippen molar-refractivity contribution in [2.24, 2.45) is 7.05 Å². The van der Waals surface area contributed by atoms with Gasteiger partial charge in [-0.15, -0.1) is 0 Å². The highest BCUT2D eigenvalue weighted by Gasteiger charge is 2.38. The molecule has 8 heteroatoms. The maximum Gasteiger partial charge on any atom is 0.262 e. The van der Waals surface area contributed by atoms with Gasteiger partial charge in [0.05, 0.1) is 6.61 Å². The Balaban J connectivity index is 2.33. The van der Waals surface area contributed by atoms with Crippen molar-refractivity contribution >= 4 is 21.6 Å². The molecule has 1 aliphatic rings. The second-order valence-electron chi connectivity index (χ2n) is 4.03. The van der Waals surface area contributed by atoms with Gasteiger partial charge in [-0.05, 0) is 24.4 Å². The molecule has 0 spiro atoms. The van der Waals surface area contributed by atoms with Crippen LogP contribution in [0.4, 0.5) is 0 Å². The van der Waals surface area contributed by atoms with E-state index in [9.17, 15) is 8.42 Å². The van der Waals surface area contributed by atoms with Crippen molar-refractivity contribution in [1.29, 1.82) is 0 Å². The van der Waals surface area contributed by atoms with Crippen molar-refractivity contribution in [3.63, 3.8) is 0 Å². The van der Waals surface area contributed by atoms with E-state index < -0.39 is 10.0 Å². The number of hydrogen-bond donors (Lipinski definition) is 1. The average molecular weight is 280 g/mol. The summed E-state index contributed by atoms with van der Waals surface area (Å²) in [6.07, 6.45) is 3.05. The molecule has 0 amide bonds. The number of aryl methyl sites for hydroxylation is 1. The summed E-state index contributed by atoms with van der Waals surface area (Å²) >= 11 is 5.73. The van der Waals surface area contributed by atoms with Gasteiger partial charge in [0.15, 0.2) is 5.03 Å². The zero-order valence-corrected chi connectivity index (χ0v) is 10.9. The highest BCUT2D eigenvalue weighted by atomic mass is 35.5. The minimum Gasteiger partial charge on any atom is -0.395 e. The molecular weight excluding hydrogens is 266 g/mol. The third kappa shape index (κ3) is 2.47. The predicted octanol–water partition coefficient (Wildman–Crippen LogP) is 0.219. The van der Waals surface area contributed by atoms with E-state index in [2.05, 4.69) is 4.98 Å². The molecular formula is C9H14ClN3O3S. The van der Waals surface area contributed by atoms with Gasteiger partial charge < -0.3 is 9.67 Å². The maximum atomic E-state index is 12.2. The van der Waals surface area contributed by atoms with E-state index in [1.165, 1.54) is 15.1 Å². The number of aromatic nitrogens is 2. The third-order valence-corrected chi connectivity index (χ3v) is 4.82. The van der Waals surface area contributed by atoms with Crippen LogP contribution >= 0.6 is 11.6 Å². The quantitative estimate of drug-likeness (QED) is 0.837. The van der Waals surface area contributed by atoms with Crippen LogP contribution in [0.5, 0.6) is 0 Å². The Kier molecular flexibility index (Phi) is 3.44.